The van der Waals surface area contributed by atoms with Gasteiger partial charge in [0, 0.05) is 40.1 Å². The molecule has 3 rings (SSSR count). The van der Waals surface area contributed by atoms with E-state index in [1.165, 1.54) is 4.90 Å². The van der Waals surface area contributed by atoms with Crippen LogP contribution in [-0.2, 0) is 6.54 Å². The number of aromatic nitrogens is 1. The summed E-state index contributed by atoms with van der Waals surface area (Å²) < 4.78 is 2.12. The zero-order chi connectivity index (χ0) is 23.1. The maximum absolute atomic E-state index is 12.5. The molecule has 0 saturated heterocycles. The normalized spacial score (nSPS) is 13.1. The Morgan fingerprint density at radius 2 is 1.56 bits per heavy atom. The van der Waals surface area contributed by atoms with Gasteiger partial charge in [-0.15, -0.1) is 0 Å². The van der Waals surface area contributed by atoms with Crippen LogP contribution in [0.5, 0.6) is 0 Å². The molecule has 0 unspecified atom stereocenters. The number of nitrogens with one attached hydrogen (secondary N) is 1. The van der Waals surface area contributed by atoms with Gasteiger partial charge in [-0.1, -0.05) is 76.2 Å². The van der Waals surface area contributed by atoms with Crippen LogP contribution in [0, 0.1) is 11.8 Å². The third kappa shape index (κ3) is 6.65. The van der Waals surface area contributed by atoms with Crippen molar-refractivity contribution >= 4 is 22.8 Å². The lowest BCUT2D eigenvalue weighted by Gasteiger charge is -2.25. The van der Waals surface area contributed by atoms with Gasteiger partial charge in [0.05, 0.1) is 19.6 Å². The van der Waals surface area contributed by atoms with Crippen LogP contribution in [0.4, 0.5) is 0 Å². The summed E-state index contributed by atoms with van der Waals surface area (Å²) in [5.41, 5.74) is 2.75. The van der Waals surface area contributed by atoms with Crippen molar-refractivity contribution in [2.24, 2.45) is 11.8 Å². The summed E-state index contributed by atoms with van der Waals surface area (Å²) >= 11 is 0. The molecule has 1 atom stereocenters. The van der Waals surface area contributed by atoms with E-state index in [0.717, 1.165) is 36.1 Å². The summed E-state index contributed by atoms with van der Waals surface area (Å²) in [6, 6.07) is 17.5. The van der Waals surface area contributed by atoms with Crippen molar-refractivity contribution in [3.05, 3.63) is 78.0 Å². The highest BCUT2D eigenvalue weighted by atomic mass is 16.3. The highest BCUT2D eigenvalue weighted by Crippen LogP contribution is 2.23. The summed E-state index contributed by atoms with van der Waals surface area (Å²) in [5.74, 6) is 1.19. The number of aliphatic hydroxyl groups is 1. The monoisotopic (exact) mass is 433 g/mol. The highest BCUT2D eigenvalue weighted by Gasteiger charge is 2.19. The average Bonchev–Trinajstić information content (AvgIpc) is 3.09. The number of aliphatic hydroxyl groups excluding tert-OH is 1. The maximum atomic E-state index is 12.5. The number of carbonyl (C=O) groups excluding carboxylic acids is 1. The van der Waals surface area contributed by atoms with E-state index >= 15 is 0 Å². The third-order valence-corrected chi connectivity index (χ3v) is 5.62. The molecule has 0 radical (unpaired) electrons. The van der Waals surface area contributed by atoms with Crippen LogP contribution >= 0.6 is 0 Å². The number of nitrogens with zero attached hydrogens (tertiary/aromatic N) is 1. The fraction of sp³-hybridized carbons (Fsp3) is 0.393. The molecule has 1 heterocycles. The van der Waals surface area contributed by atoms with Gasteiger partial charge in [-0.05, 0) is 18.2 Å². The van der Waals surface area contributed by atoms with Crippen molar-refractivity contribution < 1.29 is 14.8 Å². The topological polar surface area (TPSA) is 46.7 Å². The standard InChI is InChI=1S/C28H36N2O2/c1-21(2)16-29(17-22(3)4)19-25(31)20-30-18-24(26-12-8-9-13-27(26)30)14-15-28(32)23-10-6-5-7-11-23/h5-15,18,21-22,25,31H,16-17,19-20H2,1-4H3/p+1/b15-14+/t25-/m1/s1. The van der Waals surface area contributed by atoms with Gasteiger partial charge in [0.25, 0.3) is 0 Å². The van der Waals surface area contributed by atoms with Crippen molar-refractivity contribution in [3.8, 4) is 0 Å². The summed E-state index contributed by atoms with van der Waals surface area (Å²) in [5, 5.41) is 12.0. The lowest BCUT2D eigenvalue weighted by atomic mass is 10.1. The van der Waals surface area contributed by atoms with Crippen molar-refractivity contribution in [3.63, 3.8) is 0 Å². The maximum Gasteiger partial charge on any atom is 0.185 e. The molecule has 4 heteroatoms. The first-order valence-electron chi connectivity index (χ1n) is 11.7. The van der Waals surface area contributed by atoms with Gasteiger partial charge >= 0.3 is 0 Å². The van der Waals surface area contributed by atoms with Gasteiger partial charge in [-0.2, -0.15) is 0 Å². The molecule has 2 aromatic carbocycles. The smallest absolute Gasteiger partial charge is 0.185 e. The van der Waals surface area contributed by atoms with E-state index in [4.69, 9.17) is 0 Å². The molecular weight excluding hydrogens is 396 g/mol. The fourth-order valence-corrected chi connectivity index (χ4v) is 4.45. The zero-order valence-electron chi connectivity index (χ0n) is 19.8. The first kappa shape index (κ1) is 24.0. The van der Waals surface area contributed by atoms with E-state index < -0.39 is 6.10 Å². The number of hydrogen-bond acceptors (Lipinski definition) is 2. The minimum atomic E-state index is -0.430. The molecule has 170 valence electrons. The number of rotatable bonds is 11. The Balaban J connectivity index is 1.77. The Morgan fingerprint density at radius 3 is 2.22 bits per heavy atom. The number of quaternary nitrogens is 1. The van der Waals surface area contributed by atoms with E-state index in [2.05, 4.69) is 44.4 Å². The quantitative estimate of drug-likeness (QED) is 0.353. The number of hydrogen-bond donors (Lipinski definition) is 2. The number of para-hydroxylation sites is 1. The molecule has 0 aliphatic rings. The molecule has 1 aromatic heterocycles. The van der Waals surface area contributed by atoms with Crippen molar-refractivity contribution in [2.75, 3.05) is 19.6 Å². The van der Waals surface area contributed by atoms with Gasteiger partial charge in [0.1, 0.15) is 12.6 Å². The van der Waals surface area contributed by atoms with Gasteiger partial charge in [-0.3, -0.25) is 4.79 Å². The SMILES string of the molecule is CC(C)C[NH+](CC(C)C)C[C@@H](O)Cn1cc(/C=C/C(=O)c2ccccc2)c2ccccc21. The first-order valence-corrected chi connectivity index (χ1v) is 11.7. The van der Waals surface area contributed by atoms with Gasteiger partial charge in [0.15, 0.2) is 5.78 Å². The molecule has 0 aliphatic carbocycles. The molecular formula is C28H37N2O2+. The predicted molar refractivity (Wildman–Crippen MR) is 133 cm³/mol. The van der Waals surface area contributed by atoms with Crippen LogP contribution < -0.4 is 4.90 Å². The van der Waals surface area contributed by atoms with Gasteiger partial charge in [0.2, 0.25) is 0 Å². The second-order valence-corrected chi connectivity index (χ2v) is 9.62. The van der Waals surface area contributed by atoms with E-state index in [0.29, 0.717) is 23.9 Å². The lowest BCUT2D eigenvalue weighted by molar-refractivity contribution is -0.909. The Morgan fingerprint density at radius 1 is 0.938 bits per heavy atom. The minimum Gasteiger partial charge on any atom is -0.385 e. The Bertz CT molecular complexity index is 1020. The largest absolute Gasteiger partial charge is 0.385 e. The van der Waals surface area contributed by atoms with Crippen LogP contribution in [0.25, 0.3) is 17.0 Å². The molecule has 0 amide bonds. The summed E-state index contributed by atoms with van der Waals surface area (Å²) in [4.78, 5) is 14.0. The van der Waals surface area contributed by atoms with Crippen LogP contribution in [0.2, 0.25) is 0 Å². The molecule has 4 nitrogen and oxygen atoms in total. The lowest BCUT2D eigenvalue weighted by Crippen LogP contribution is -3.14. The predicted octanol–water partition coefficient (Wildman–Crippen LogP) is 4.10. The second-order valence-electron chi connectivity index (χ2n) is 9.62. The second kappa shape index (κ2) is 11.3. The number of ketones is 1. The van der Waals surface area contributed by atoms with Crippen LogP contribution in [-0.4, -0.2) is 41.2 Å². The fourth-order valence-electron chi connectivity index (χ4n) is 4.45. The van der Waals surface area contributed by atoms with Crippen LogP contribution in [0.1, 0.15) is 43.6 Å². The van der Waals surface area contributed by atoms with Gasteiger partial charge < -0.3 is 14.6 Å². The molecule has 0 spiro atoms. The van der Waals surface area contributed by atoms with E-state index in [1.54, 1.807) is 6.08 Å². The summed E-state index contributed by atoms with van der Waals surface area (Å²) in [7, 11) is 0. The van der Waals surface area contributed by atoms with Crippen LogP contribution in [0.3, 0.4) is 0 Å². The van der Waals surface area contributed by atoms with E-state index in [1.807, 2.05) is 54.7 Å². The molecule has 2 N–H and O–H groups in total. The summed E-state index contributed by atoms with van der Waals surface area (Å²) in [6.45, 7) is 12.4. The number of benzene rings is 2. The Labute approximate surface area is 192 Å². The molecule has 0 fully saturated rings. The van der Waals surface area contributed by atoms with E-state index in [9.17, 15) is 9.90 Å². The minimum absolute atomic E-state index is 0.0101. The van der Waals surface area contributed by atoms with Crippen molar-refractivity contribution in [1.29, 1.82) is 0 Å². The molecule has 0 bridgehead atoms. The molecule has 0 saturated carbocycles. The Kier molecular flexibility index (Phi) is 8.43. The van der Waals surface area contributed by atoms with Crippen molar-refractivity contribution in [1.82, 2.24) is 4.57 Å². The van der Waals surface area contributed by atoms with E-state index in [-0.39, 0.29) is 5.78 Å². The van der Waals surface area contributed by atoms with Crippen molar-refractivity contribution in [2.45, 2.75) is 40.3 Å². The zero-order valence-corrected chi connectivity index (χ0v) is 19.8. The highest BCUT2D eigenvalue weighted by molar-refractivity contribution is 6.07. The van der Waals surface area contributed by atoms with Gasteiger partial charge in [-0.25, -0.2) is 0 Å². The van der Waals surface area contributed by atoms with Crippen LogP contribution in [0.15, 0.2) is 66.9 Å². The molecule has 3 aromatic rings. The average molecular weight is 434 g/mol. The number of fused-ring (bicyclic) bond motifs is 1. The summed E-state index contributed by atoms with van der Waals surface area (Å²) in [6.07, 6.45) is 5.14. The molecule has 32 heavy (non-hydrogen) atoms. The molecule has 0 aliphatic heterocycles. The first-order chi connectivity index (χ1) is 15.3. The third-order valence-electron chi connectivity index (χ3n) is 5.62. The number of carbonyl (C=O) groups is 1. The Hall–Kier alpha value is -2.69. The number of allylic oxidation sites excluding steroid dienone is 1.